The van der Waals surface area contributed by atoms with Gasteiger partial charge in [0.25, 0.3) is 0 Å². The van der Waals surface area contributed by atoms with Crippen LogP contribution in [0.3, 0.4) is 0 Å². The Hall–Kier alpha value is -1.76. The maximum atomic E-state index is 3.44. The Morgan fingerprint density at radius 2 is 1.67 bits per heavy atom. The van der Waals surface area contributed by atoms with Crippen molar-refractivity contribution in [1.29, 1.82) is 0 Å². The molecule has 0 radical (unpaired) electrons. The first-order valence-electron chi connectivity index (χ1n) is 6.71. The van der Waals surface area contributed by atoms with Crippen LogP contribution in [-0.4, -0.2) is 6.54 Å². The van der Waals surface area contributed by atoms with Gasteiger partial charge in [0.15, 0.2) is 0 Å². The minimum Gasteiger partial charge on any atom is -0.384 e. The molecule has 1 aliphatic heterocycles. The van der Waals surface area contributed by atoms with E-state index in [0.717, 1.165) is 13.0 Å². The van der Waals surface area contributed by atoms with E-state index in [1.807, 2.05) is 0 Å². The quantitative estimate of drug-likeness (QED) is 0.814. The lowest BCUT2D eigenvalue weighted by molar-refractivity contribution is 0.867. The van der Waals surface area contributed by atoms with Gasteiger partial charge in [-0.05, 0) is 40.7 Å². The molecule has 2 aromatic rings. The van der Waals surface area contributed by atoms with Gasteiger partial charge in [0.1, 0.15) is 0 Å². The molecule has 0 atom stereocenters. The summed E-state index contributed by atoms with van der Waals surface area (Å²) >= 11 is 0. The van der Waals surface area contributed by atoms with Gasteiger partial charge in [-0.1, -0.05) is 50.2 Å². The summed E-state index contributed by atoms with van der Waals surface area (Å²) in [7, 11) is 0. The van der Waals surface area contributed by atoms with Crippen molar-refractivity contribution in [2.45, 2.75) is 26.2 Å². The van der Waals surface area contributed by atoms with Crippen LogP contribution in [0.25, 0.3) is 11.1 Å². The summed E-state index contributed by atoms with van der Waals surface area (Å²) in [6.07, 6.45) is 1.15. The van der Waals surface area contributed by atoms with Crippen LogP contribution in [0, 0.1) is 0 Å². The molecule has 0 saturated carbocycles. The molecule has 18 heavy (non-hydrogen) atoms. The van der Waals surface area contributed by atoms with Crippen LogP contribution >= 0.6 is 0 Å². The average Bonchev–Trinajstić information content (AvgIpc) is 2.86. The van der Waals surface area contributed by atoms with Crippen molar-refractivity contribution in [3.8, 4) is 11.1 Å². The topological polar surface area (TPSA) is 12.0 Å². The highest BCUT2D eigenvalue weighted by atomic mass is 14.9. The molecule has 1 heterocycles. The third-order valence-electron chi connectivity index (χ3n) is 3.73. The van der Waals surface area contributed by atoms with Crippen molar-refractivity contribution >= 4 is 5.69 Å². The lowest BCUT2D eigenvalue weighted by atomic mass is 9.98. The monoisotopic (exact) mass is 237 g/mol. The second-order valence-corrected chi connectivity index (χ2v) is 5.33. The van der Waals surface area contributed by atoms with Crippen molar-refractivity contribution in [1.82, 2.24) is 0 Å². The molecule has 1 heteroatoms. The third-order valence-corrected chi connectivity index (χ3v) is 3.73. The fourth-order valence-electron chi connectivity index (χ4n) is 2.53. The molecule has 0 fully saturated rings. The summed E-state index contributed by atoms with van der Waals surface area (Å²) in [4.78, 5) is 0. The normalized spacial score (nSPS) is 13.5. The summed E-state index contributed by atoms with van der Waals surface area (Å²) in [5.41, 5.74) is 6.75. The van der Waals surface area contributed by atoms with Gasteiger partial charge in [0.2, 0.25) is 0 Å². The predicted molar refractivity (Wildman–Crippen MR) is 78.2 cm³/mol. The lowest BCUT2D eigenvalue weighted by Crippen LogP contribution is -1.91. The number of fused-ring (bicyclic) bond motifs is 1. The smallest absolute Gasteiger partial charge is 0.0379 e. The Bertz CT molecular complexity index is 552. The standard InChI is InChI=1S/C17H19N/c1-12(2)13-3-5-14(6-4-13)16-8-7-15-9-10-18-17(15)11-16/h3-8,11-12,18H,9-10H2,1-2H3. The van der Waals surface area contributed by atoms with E-state index in [4.69, 9.17) is 0 Å². The van der Waals surface area contributed by atoms with Crippen LogP contribution in [0.15, 0.2) is 42.5 Å². The maximum Gasteiger partial charge on any atom is 0.0379 e. The van der Waals surface area contributed by atoms with Crippen molar-refractivity contribution in [2.24, 2.45) is 0 Å². The Labute approximate surface area is 109 Å². The summed E-state index contributed by atoms with van der Waals surface area (Å²) in [6, 6.07) is 15.7. The summed E-state index contributed by atoms with van der Waals surface area (Å²) in [6.45, 7) is 5.54. The van der Waals surface area contributed by atoms with Crippen LogP contribution in [0.2, 0.25) is 0 Å². The van der Waals surface area contributed by atoms with E-state index in [-0.39, 0.29) is 0 Å². The van der Waals surface area contributed by atoms with Crippen molar-refractivity contribution in [3.05, 3.63) is 53.6 Å². The molecule has 0 saturated heterocycles. The molecule has 0 unspecified atom stereocenters. The number of nitrogens with one attached hydrogen (secondary N) is 1. The molecule has 0 amide bonds. The largest absolute Gasteiger partial charge is 0.384 e. The molecular formula is C17H19N. The first-order valence-corrected chi connectivity index (χ1v) is 6.71. The van der Waals surface area contributed by atoms with Gasteiger partial charge in [-0.15, -0.1) is 0 Å². The van der Waals surface area contributed by atoms with Gasteiger partial charge in [-0.3, -0.25) is 0 Å². The van der Waals surface area contributed by atoms with E-state index < -0.39 is 0 Å². The van der Waals surface area contributed by atoms with E-state index in [9.17, 15) is 0 Å². The van der Waals surface area contributed by atoms with E-state index >= 15 is 0 Å². The fraction of sp³-hybridized carbons (Fsp3) is 0.294. The van der Waals surface area contributed by atoms with Crippen LogP contribution in [0.1, 0.15) is 30.9 Å². The van der Waals surface area contributed by atoms with E-state index in [1.54, 1.807) is 0 Å². The highest BCUT2D eigenvalue weighted by molar-refractivity contribution is 5.71. The van der Waals surface area contributed by atoms with Gasteiger partial charge in [0, 0.05) is 12.2 Å². The van der Waals surface area contributed by atoms with Gasteiger partial charge < -0.3 is 5.32 Å². The van der Waals surface area contributed by atoms with Crippen LogP contribution in [0.5, 0.6) is 0 Å². The van der Waals surface area contributed by atoms with Gasteiger partial charge in [-0.2, -0.15) is 0 Å². The fourth-order valence-corrected chi connectivity index (χ4v) is 2.53. The Morgan fingerprint density at radius 1 is 0.944 bits per heavy atom. The van der Waals surface area contributed by atoms with E-state index in [0.29, 0.717) is 5.92 Å². The number of hydrogen-bond donors (Lipinski definition) is 1. The molecule has 0 aromatic heterocycles. The minimum absolute atomic E-state index is 0.598. The Kier molecular flexibility index (Phi) is 2.83. The van der Waals surface area contributed by atoms with E-state index in [2.05, 4.69) is 61.6 Å². The van der Waals surface area contributed by atoms with Crippen LogP contribution < -0.4 is 5.32 Å². The SMILES string of the molecule is CC(C)c1ccc(-c2ccc3c(c2)NCC3)cc1. The molecule has 3 rings (SSSR count). The molecule has 0 aliphatic carbocycles. The third kappa shape index (κ3) is 2.01. The molecule has 1 nitrogen and oxygen atoms in total. The zero-order valence-corrected chi connectivity index (χ0v) is 11.0. The maximum absolute atomic E-state index is 3.44. The molecule has 92 valence electrons. The zero-order chi connectivity index (χ0) is 12.5. The predicted octanol–water partition coefficient (Wildman–Crippen LogP) is 4.45. The molecule has 0 spiro atoms. The van der Waals surface area contributed by atoms with E-state index in [1.165, 1.54) is 27.9 Å². The molecule has 1 aliphatic rings. The second-order valence-electron chi connectivity index (χ2n) is 5.33. The van der Waals surface area contributed by atoms with Crippen molar-refractivity contribution < 1.29 is 0 Å². The van der Waals surface area contributed by atoms with Crippen LogP contribution in [0.4, 0.5) is 5.69 Å². The minimum atomic E-state index is 0.598. The lowest BCUT2D eigenvalue weighted by Gasteiger charge is -2.08. The summed E-state index contributed by atoms with van der Waals surface area (Å²) in [5, 5.41) is 3.44. The van der Waals surface area contributed by atoms with Crippen molar-refractivity contribution in [2.75, 3.05) is 11.9 Å². The van der Waals surface area contributed by atoms with Crippen LogP contribution in [-0.2, 0) is 6.42 Å². The number of hydrogen-bond acceptors (Lipinski definition) is 1. The van der Waals surface area contributed by atoms with Gasteiger partial charge in [-0.25, -0.2) is 0 Å². The van der Waals surface area contributed by atoms with Gasteiger partial charge in [0.05, 0.1) is 0 Å². The Morgan fingerprint density at radius 3 is 2.39 bits per heavy atom. The average molecular weight is 237 g/mol. The highest BCUT2D eigenvalue weighted by Crippen LogP contribution is 2.29. The molecule has 2 aromatic carbocycles. The number of anilines is 1. The summed E-state index contributed by atoms with van der Waals surface area (Å²) in [5.74, 6) is 0.598. The first-order chi connectivity index (χ1) is 8.74. The number of benzene rings is 2. The second kappa shape index (κ2) is 4.49. The first kappa shape index (κ1) is 11.3. The van der Waals surface area contributed by atoms with Gasteiger partial charge >= 0.3 is 0 Å². The molecule has 0 bridgehead atoms. The Balaban J connectivity index is 1.95. The molecule has 1 N–H and O–H groups in total. The van der Waals surface area contributed by atoms with Crippen molar-refractivity contribution in [3.63, 3.8) is 0 Å². The number of rotatable bonds is 2. The molecular weight excluding hydrogens is 218 g/mol. The highest BCUT2D eigenvalue weighted by Gasteiger charge is 2.10. The summed E-state index contributed by atoms with van der Waals surface area (Å²) < 4.78 is 0. The zero-order valence-electron chi connectivity index (χ0n) is 11.0.